The monoisotopic (exact) mass is 236 g/mol. The Bertz CT molecular complexity index is 334. The largest absolute Gasteiger partial charge is 0.337 e. The summed E-state index contributed by atoms with van der Waals surface area (Å²) in [5.41, 5.74) is 1.26. The molecule has 0 aliphatic carbocycles. The molecule has 0 radical (unpaired) electrons. The molecule has 1 aromatic rings. The van der Waals surface area contributed by atoms with E-state index in [1.807, 2.05) is 19.6 Å². The zero-order chi connectivity index (χ0) is 12.1. The lowest BCUT2D eigenvalue weighted by Crippen LogP contribution is -2.27. The third kappa shape index (κ3) is 3.54. The molecule has 17 heavy (non-hydrogen) atoms. The summed E-state index contributed by atoms with van der Waals surface area (Å²) in [5.74, 6) is 0.828. The first-order valence-electron chi connectivity index (χ1n) is 6.68. The quantitative estimate of drug-likeness (QED) is 0.807. The topological polar surface area (TPSA) is 33.1 Å². The van der Waals surface area contributed by atoms with Gasteiger partial charge in [0.25, 0.3) is 0 Å². The Kier molecular flexibility index (Phi) is 4.57. The molecule has 4 heteroatoms. The lowest BCUT2D eigenvalue weighted by molar-refractivity contribution is 0.322. The summed E-state index contributed by atoms with van der Waals surface area (Å²) in [6.45, 7) is 8.14. The predicted molar refractivity (Wildman–Crippen MR) is 69.8 cm³/mol. The van der Waals surface area contributed by atoms with Crippen LogP contribution >= 0.6 is 0 Å². The van der Waals surface area contributed by atoms with Crippen LogP contribution in [-0.2, 0) is 13.6 Å². The summed E-state index contributed by atoms with van der Waals surface area (Å²) in [5, 5.41) is 3.55. The van der Waals surface area contributed by atoms with Gasteiger partial charge in [-0.15, -0.1) is 0 Å². The number of imidazole rings is 1. The predicted octanol–water partition coefficient (Wildman–Crippen LogP) is 1.24. The number of aromatic nitrogens is 2. The maximum absolute atomic E-state index is 4.12. The Morgan fingerprint density at radius 1 is 1.53 bits per heavy atom. The van der Waals surface area contributed by atoms with Crippen molar-refractivity contribution in [3.63, 3.8) is 0 Å². The lowest BCUT2D eigenvalue weighted by Gasteiger charge is -2.15. The van der Waals surface area contributed by atoms with Gasteiger partial charge < -0.3 is 14.8 Å². The molecule has 1 aromatic heterocycles. The van der Waals surface area contributed by atoms with Crippen LogP contribution in [0.3, 0.4) is 0 Å². The third-order valence-corrected chi connectivity index (χ3v) is 3.57. The van der Waals surface area contributed by atoms with Crippen LogP contribution in [0.2, 0.25) is 0 Å². The Balaban J connectivity index is 1.65. The van der Waals surface area contributed by atoms with E-state index in [4.69, 9.17) is 0 Å². The molecule has 0 aromatic carbocycles. The van der Waals surface area contributed by atoms with Crippen molar-refractivity contribution in [3.8, 4) is 0 Å². The number of nitrogens with one attached hydrogen (secondary N) is 1. The summed E-state index contributed by atoms with van der Waals surface area (Å²) in [7, 11) is 2.04. The molecule has 1 aliphatic rings. The molecule has 1 aliphatic heterocycles. The number of nitrogens with zero attached hydrogens (tertiary/aromatic N) is 3. The second kappa shape index (κ2) is 6.17. The highest BCUT2D eigenvalue weighted by Gasteiger charge is 2.20. The van der Waals surface area contributed by atoms with E-state index in [0.717, 1.165) is 19.0 Å². The fourth-order valence-electron chi connectivity index (χ4n) is 2.56. The smallest absolute Gasteiger partial charge is 0.0945 e. The molecule has 2 heterocycles. The van der Waals surface area contributed by atoms with E-state index in [0.29, 0.717) is 0 Å². The van der Waals surface area contributed by atoms with E-state index in [1.54, 1.807) is 0 Å². The van der Waals surface area contributed by atoms with Gasteiger partial charge in [-0.05, 0) is 38.4 Å². The summed E-state index contributed by atoms with van der Waals surface area (Å²) < 4.78 is 2.07. The fourth-order valence-corrected chi connectivity index (χ4v) is 2.56. The van der Waals surface area contributed by atoms with Gasteiger partial charge >= 0.3 is 0 Å². The van der Waals surface area contributed by atoms with Crippen molar-refractivity contribution in [1.29, 1.82) is 0 Å². The van der Waals surface area contributed by atoms with Gasteiger partial charge in [-0.25, -0.2) is 4.98 Å². The minimum Gasteiger partial charge on any atom is -0.337 e. The van der Waals surface area contributed by atoms with Crippen LogP contribution in [0.1, 0.15) is 25.5 Å². The second-order valence-corrected chi connectivity index (χ2v) is 5.08. The highest BCUT2D eigenvalue weighted by Crippen LogP contribution is 2.15. The lowest BCUT2D eigenvalue weighted by atomic mass is 10.1. The average Bonchev–Trinajstić information content (AvgIpc) is 2.90. The molecule has 0 bridgehead atoms. The minimum absolute atomic E-state index is 0.828. The van der Waals surface area contributed by atoms with Crippen molar-refractivity contribution < 1.29 is 0 Å². The Morgan fingerprint density at radius 3 is 3.12 bits per heavy atom. The van der Waals surface area contributed by atoms with E-state index < -0.39 is 0 Å². The molecule has 1 saturated heterocycles. The number of hydrogen-bond acceptors (Lipinski definition) is 3. The Morgan fingerprint density at radius 2 is 2.41 bits per heavy atom. The van der Waals surface area contributed by atoms with Gasteiger partial charge in [0.15, 0.2) is 0 Å². The summed E-state index contributed by atoms with van der Waals surface area (Å²) in [6, 6.07) is 0. The molecule has 0 spiro atoms. The van der Waals surface area contributed by atoms with Crippen molar-refractivity contribution in [2.75, 3.05) is 26.2 Å². The van der Waals surface area contributed by atoms with Gasteiger partial charge in [-0.3, -0.25) is 0 Å². The van der Waals surface area contributed by atoms with Crippen LogP contribution in [-0.4, -0.2) is 40.6 Å². The van der Waals surface area contributed by atoms with E-state index in [-0.39, 0.29) is 0 Å². The first-order valence-corrected chi connectivity index (χ1v) is 6.68. The highest BCUT2D eigenvalue weighted by molar-refractivity contribution is 4.96. The average molecular weight is 236 g/mol. The minimum atomic E-state index is 0.828. The molecule has 1 N–H and O–H groups in total. The van der Waals surface area contributed by atoms with Crippen molar-refractivity contribution >= 4 is 0 Å². The van der Waals surface area contributed by atoms with Crippen molar-refractivity contribution in [2.45, 2.75) is 26.3 Å². The molecule has 96 valence electrons. The van der Waals surface area contributed by atoms with Gasteiger partial charge in [0.2, 0.25) is 0 Å². The van der Waals surface area contributed by atoms with Crippen LogP contribution in [0.5, 0.6) is 0 Å². The summed E-state index contributed by atoms with van der Waals surface area (Å²) >= 11 is 0. The Hall–Kier alpha value is -0.870. The van der Waals surface area contributed by atoms with Gasteiger partial charge in [-0.1, -0.05) is 6.92 Å². The molecule has 0 saturated carbocycles. The number of likely N-dealkylation sites (tertiary alicyclic amines) is 1. The zero-order valence-corrected chi connectivity index (χ0v) is 11.0. The second-order valence-electron chi connectivity index (χ2n) is 5.08. The van der Waals surface area contributed by atoms with E-state index in [1.165, 1.54) is 38.2 Å². The van der Waals surface area contributed by atoms with Crippen LogP contribution < -0.4 is 5.32 Å². The number of rotatable bonds is 6. The fraction of sp³-hybridized carbons (Fsp3) is 0.769. The maximum atomic E-state index is 4.12. The number of hydrogen-bond donors (Lipinski definition) is 1. The standard InChI is InChI=1S/C13H24N4/c1-3-5-17-6-4-12(10-17)7-14-8-13-9-15-11-16(13)2/h9,11-12,14H,3-8,10H2,1-2H3. The molecular formula is C13H24N4. The summed E-state index contributed by atoms with van der Waals surface area (Å²) in [6.07, 6.45) is 6.41. The maximum Gasteiger partial charge on any atom is 0.0945 e. The molecule has 4 nitrogen and oxygen atoms in total. The van der Waals surface area contributed by atoms with Gasteiger partial charge in [0.05, 0.1) is 12.0 Å². The first kappa shape index (κ1) is 12.6. The van der Waals surface area contributed by atoms with E-state index in [2.05, 4.69) is 26.7 Å². The third-order valence-electron chi connectivity index (χ3n) is 3.57. The van der Waals surface area contributed by atoms with E-state index in [9.17, 15) is 0 Å². The van der Waals surface area contributed by atoms with Gasteiger partial charge in [-0.2, -0.15) is 0 Å². The SMILES string of the molecule is CCCN1CCC(CNCc2cncn2C)C1. The Labute approximate surface area is 104 Å². The normalized spacial score (nSPS) is 21.2. The molecule has 1 fully saturated rings. The first-order chi connectivity index (χ1) is 8.29. The van der Waals surface area contributed by atoms with Crippen LogP contribution in [0.25, 0.3) is 0 Å². The van der Waals surface area contributed by atoms with Crippen molar-refractivity contribution in [3.05, 3.63) is 18.2 Å². The van der Waals surface area contributed by atoms with Crippen molar-refractivity contribution in [1.82, 2.24) is 19.8 Å². The van der Waals surface area contributed by atoms with Crippen LogP contribution in [0.15, 0.2) is 12.5 Å². The molecule has 0 amide bonds. The summed E-state index contributed by atoms with van der Waals surface area (Å²) in [4.78, 5) is 6.70. The molecule has 1 atom stereocenters. The van der Waals surface area contributed by atoms with E-state index >= 15 is 0 Å². The van der Waals surface area contributed by atoms with Crippen LogP contribution in [0.4, 0.5) is 0 Å². The highest BCUT2D eigenvalue weighted by atomic mass is 15.1. The van der Waals surface area contributed by atoms with Crippen molar-refractivity contribution in [2.24, 2.45) is 13.0 Å². The molecular weight excluding hydrogens is 212 g/mol. The zero-order valence-electron chi connectivity index (χ0n) is 11.0. The van der Waals surface area contributed by atoms with Crippen LogP contribution in [0, 0.1) is 5.92 Å². The molecule has 2 rings (SSSR count). The van der Waals surface area contributed by atoms with Gasteiger partial charge in [0.1, 0.15) is 0 Å². The number of aryl methyl sites for hydroxylation is 1. The molecule has 1 unspecified atom stereocenters. The van der Waals surface area contributed by atoms with Gasteiger partial charge in [0, 0.05) is 26.3 Å².